The first-order valence-corrected chi connectivity index (χ1v) is 14.8. The number of ether oxygens (including phenoxy) is 2. The molecule has 1 aromatic heterocycles. The number of halogens is 3. The zero-order valence-electron chi connectivity index (χ0n) is 23.1. The van der Waals surface area contributed by atoms with Gasteiger partial charge in [0, 0.05) is 63.8 Å². The van der Waals surface area contributed by atoms with Crippen LogP contribution in [0, 0.1) is 0 Å². The van der Waals surface area contributed by atoms with Crippen molar-refractivity contribution in [2.75, 3.05) is 45.8 Å². The number of alkyl halides is 3. The lowest BCUT2D eigenvalue weighted by atomic mass is 10.1. The summed E-state index contributed by atoms with van der Waals surface area (Å²) in [6.45, 7) is 3.37. The molecule has 5 rings (SSSR count). The highest BCUT2D eigenvalue weighted by Crippen LogP contribution is 2.33. The van der Waals surface area contributed by atoms with E-state index in [1.165, 1.54) is 12.1 Å². The van der Waals surface area contributed by atoms with Crippen molar-refractivity contribution in [2.24, 2.45) is 0 Å². The van der Waals surface area contributed by atoms with Gasteiger partial charge in [0.2, 0.25) is 12.7 Å². The van der Waals surface area contributed by atoms with E-state index >= 15 is 0 Å². The van der Waals surface area contributed by atoms with Gasteiger partial charge in [-0.2, -0.15) is 13.2 Å². The smallest absolute Gasteiger partial charge is 0.416 e. The maximum atomic E-state index is 13.2. The van der Waals surface area contributed by atoms with Crippen molar-refractivity contribution in [1.29, 1.82) is 0 Å². The van der Waals surface area contributed by atoms with Crippen LogP contribution in [-0.2, 0) is 41.3 Å². The summed E-state index contributed by atoms with van der Waals surface area (Å²) in [5, 5.41) is 2.98. The third-order valence-corrected chi connectivity index (χ3v) is 8.41. The second kappa shape index (κ2) is 13.7. The summed E-state index contributed by atoms with van der Waals surface area (Å²) in [4.78, 5) is 19.6. The molecule has 0 radical (unpaired) electrons. The van der Waals surface area contributed by atoms with Gasteiger partial charge in [-0.25, -0.2) is 13.5 Å². The molecule has 1 saturated heterocycles. The molecular weight excluding hydrogens is 575 g/mol. The molecule has 0 spiro atoms. The minimum atomic E-state index is -4.38. The summed E-state index contributed by atoms with van der Waals surface area (Å²) in [5.41, 5.74) is 1.98. The first-order chi connectivity index (χ1) is 19.7. The average molecular weight is 610 g/mol. The molecule has 1 fully saturated rings. The van der Waals surface area contributed by atoms with Gasteiger partial charge in [0.1, 0.15) is 6.04 Å². The molecule has 3 N–H and O–H groups in total. The number of imidazole rings is 1. The van der Waals surface area contributed by atoms with Crippen molar-refractivity contribution in [3.63, 3.8) is 0 Å². The van der Waals surface area contributed by atoms with Crippen LogP contribution in [-0.4, -0.2) is 86.2 Å². The number of rotatable bonds is 10. The number of carbonyl (C=O) groups excluding carboxylic acids is 1. The normalized spacial score (nSPS) is 18.0. The van der Waals surface area contributed by atoms with E-state index in [0.717, 1.165) is 47.9 Å². The Morgan fingerprint density at radius 2 is 1.81 bits per heavy atom. The Bertz CT molecular complexity index is 1390. The number of amides is 1. The number of hydrogen-bond acceptors (Lipinski definition) is 6. The lowest BCUT2D eigenvalue weighted by Crippen LogP contribution is -2.59. The molecule has 3 aromatic rings. The standard InChI is InChI=1S/C28H32F3N5O4S.H2O/c1-41(38)36-13-12-34(11-9-20-4-7-25-26(14-20)40-19-39-25)17-24(36)27(37)33-10-8-23-15-32-18-35(23)16-21-2-5-22(6-3-21)28(29,30)31;/h2-7,14-15,18,24H,8-13,16-17,19H2,1H3,(H,33,37);1H2. The van der Waals surface area contributed by atoms with E-state index in [-0.39, 0.29) is 18.2 Å². The summed E-state index contributed by atoms with van der Waals surface area (Å²) in [5.74, 6) is 1.29. The van der Waals surface area contributed by atoms with Gasteiger partial charge in [-0.15, -0.1) is 0 Å². The summed E-state index contributed by atoms with van der Waals surface area (Å²) in [6.07, 6.45) is 1.78. The number of carbonyl (C=O) groups is 1. The van der Waals surface area contributed by atoms with Crippen LogP contribution >= 0.6 is 0 Å². The molecule has 1 amide bonds. The molecule has 42 heavy (non-hydrogen) atoms. The Morgan fingerprint density at radius 3 is 2.55 bits per heavy atom. The number of aromatic nitrogens is 2. The van der Waals surface area contributed by atoms with Crippen LogP contribution in [0.5, 0.6) is 11.5 Å². The number of piperazine rings is 1. The van der Waals surface area contributed by atoms with Crippen LogP contribution in [0.4, 0.5) is 13.2 Å². The highest BCUT2D eigenvalue weighted by molar-refractivity contribution is 7.81. The first-order valence-electron chi connectivity index (χ1n) is 13.3. The van der Waals surface area contributed by atoms with E-state index in [1.54, 1.807) is 23.1 Å². The molecular formula is C28H34F3N5O5S. The molecule has 2 aliphatic heterocycles. The van der Waals surface area contributed by atoms with E-state index < -0.39 is 28.8 Å². The number of hydrogen-bond donors (Lipinski definition) is 1. The fraction of sp³-hybridized carbons (Fsp3) is 0.429. The van der Waals surface area contributed by atoms with Crippen molar-refractivity contribution in [3.05, 3.63) is 77.4 Å². The third-order valence-electron chi connectivity index (χ3n) is 7.32. The van der Waals surface area contributed by atoms with Crippen molar-refractivity contribution in [2.45, 2.75) is 31.6 Å². The summed E-state index contributed by atoms with van der Waals surface area (Å²) >= 11 is 0. The topological polar surface area (TPSA) is 120 Å². The predicted molar refractivity (Wildman–Crippen MR) is 150 cm³/mol. The zero-order valence-corrected chi connectivity index (χ0v) is 23.9. The fourth-order valence-corrected chi connectivity index (χ4v) is 5.92. The molecule has 0 saturated carbocycles. The van der Waals surface area contributed by atoms with Gasteiger partial charge in [-0.1, -0.05) is 18.2 Å². The van der Waals surface area contributed by atoms with Crippen molar-refractivity contribution in [1.82, 2.24) is 24.1 Å². The summed E-state index contributed by atoms with van der Waals surface area (Å²) in [7, 11) is -1.30. The molecule has 14 heteroatoms. The summed E-state index contributed by atoms with van der Waals surface area (Å²) < 4.78 is 65.4. The Kier molecular flexibility index (Phi) is 10.2. The first kappa shape index (κ1) is 31.5. The quantitative estimate of drug-likeness (QED) is 0.376. The van der Waals surface area contributed by atoms with Crippen LogP contribution in [0.15, 0.2) is 55.0 Å². The van der Waals surface area contributed by atoms with Gasteiger partial charge >= 0.3 is 6.18 Å². The van der Waals surface area contributed by atoms with Gasteiger partial charge < -0.3 is 24.8 Å². The Hall–Kier alpha value is -3.46. The van der Waals surface area contributed by atoms with Gasteiger partial charge in [0.25, 0.3) is 0 Å². The highest BCUT2D eigenvalue weighted by Gasteiger charge is 2.34. The van der Waals surface area contributed by atoms with E-state index in [0.29, 0.717) is 44.7 Å². The van der Waals surface area contributed by atoms with Gasteiger partial charge in [0.15, 0.2) is 11.5 Å². The largest absolute Gasteiger partial charge is 0.454 e. The van der Waals surface area contributed by atoms with Crippen LogP contribution in [0.1, 0.15) is 22.4 Å². The molecule has 2 unspecified atom stereocenters. The number of fused-ring (bicyclic) bond motifs is 1. The van der Waals surface area contributed by atoms with Crippen LogP contribution in [0.3, 0.4) is 0 Å². The highest BCUT2D eigenvalue weighted by atomic mass is 32.2. The van der Waals surface area contributed by atoms with Crippen LogP contribution < -0.4 is 14.8 Å². The van der Waals surface area contributed by atoms with E-state index in [9.17, 15) is 22.2 Å². The lowest BCUT2D eigenvalue weighted by Gasteiger charge is -2.39. The minimum Gasteiger partial charge on any atom is -0.454 e. The van der Waals surface area contributed by atoms with E-state index in [1.807, 2.05) is 22.8 Å². The SMILES string of the molecule is CS(=O)N1CCN(CCc2ccc3c(c2)OCO3)CC1C(=O)NCCc1cncn1Cc1ccc(C(F)(F)F)cc1.O. The van der Waals surface area contributed by atoms with Crippen LogP contribution in [0.25, 0.3) is 0 Å². The second-order valence-corrected chi connectivity index (χ2v) is 11.4. The van der Waals surface area contributed by atoms with Crippen molar-refractivity contribution >= 4 is 16.9 Å². The zero-order chi connectivity index (χ0) is 29.0. The molecule has 2 aliphatic rings. The number of nitrogens with zero attached hydrogens (tertiary/aromatic N) is 4. The molecule has 228 valence electrons. The molecule has 3 heterocycles. The Labute approximate surface area is 244 Å². The molecule has 2 atom stereocenters. The monoisotopic (exact) mass is 609 g/mol. The third kappa shape index (κ3) is 7.68. The van der Waals surface area contributed by atoms with Gasteiger partial charge in [-0.3, -0.25) is 9.69 Å². The lowest BCUT2D eigenvalue weighted by molar-refractivity contribution is -0.137. The number of nitrogens with one attached hydrogen (secondary N) is 1. The molecule has 2 aromatic carbocycles. The van der Waals surface area contributed by atoms with E-state index in [2.05, 4.69) is 15.2 Å². The molecule has 10 nitrogen and oxygen atoms in total. The molecule has 0 bridgehead atoms. The van der Waals surface area contributed by atoms with E-state index in [4.69, 9.17) is 9.47 Å². The Morgan fingerprint density at radius 1 is 1.07 bits per heavy atom. The summed E-state index contributed by atoms with van der Waals surface area (Å²) in [6, 6.07) is 10.4. The maximum Gasteiger partial charge on any atom is 0.416 e. The van der Waals surface area contributed by atoms with Crippen molar-refractivity contribution < 1.29 is 37.1 Å². The Balaban J connectivity index is 0.00000405. The predicted octanol–water partition coefficient (Wildman–Crippen LogP) is 2.04. The minimum absolute atomic E-state index is 0. The van der Waals surface area contributed by atoms with Gasteiger partial charge in [-0.05, 0) is 41.8 Å². The van der Waals surface area contributed by atoms with Crippen molar-refractivity contribution in [3.8, 4) is 11.5 Å². The van der Waals surface area contributed by atoms with Crippen LogP contribution in [0.2, 0.25) is 0 Å². The average Bonchev–Trinajstić information content (AvgIpc) is 3.60. The number of benzene rings is 2. The fourth-order valence-electron chi connectivity index (χ4n) is 5.06. The maximum absolute atomic E-state index is 13.2. The second-order valence-electron chi connectivity index (χ2n) is 10.1. The molecule has 0 aliphatic carbocycles. The van der Waals surface area contributed by atoms with Gasteiger partial charge in [0.05, 0.1) is 22.9 Å².